The molecule has 5 heteroatoms. The van der Waals surface area contributed by atoms with Gasteiger partial charge in [0, 0.05) is 24.9 Å². The summed E-state index contributed by atoms with van der Waals surface area (Å²) in [6.45, 7) is 4.13. The van der Waals surface area contributed by atoms with Gasteiger partial charge in [-0.25, -0.2) is 0 Å². The molecule has 3 N–H and O–H groups in total. The number of aliphatic hydroxyl groups is 1. The standard InChI is InChI=1S/C16H30N2O3/c1-3-7-14(19)11-17-15(20)10-12(2)18-16(21)13-8-5-4-6-9-13/h12-14,19H,3-11H2,1-2H3,(H,17,20)(H,18,21). The second-order valence-electron chi connectivity index (χ2n) is 6.20. The zero-order chi connectivity index (χ0) is 15.7. The second-order valence-corrected chi connectivity index (χ2v) is 6.20. The van der Waals surface area contributed by atoms with Crippen molar-refractivity contribution < 1.29 is 14.7 Å². The van der Waals surface area contributed by atoms with Crippen LogP contribution in [0, 0.1) is 5.92 Å². The molecular weight excluding hydrogens is 268 g/mol. The van der Waals surface area contributed by atoms with E-state index in [1.54, 1.807) is 0 Å². The SMILES string of the molecule is CCCC(O)CNC(=O)CC(C)NC(=O)C1CCCCC1. The van der Waals surface area contributed by atoms with Crippen LogP contribution < -0.4 is 10.6 Å². The van der Waals surface area contributed by atoms with E-state index in [-0.39, 0.29) is 36.7 Å². The van der Waals surface area contributed by atoms with Crippen molar-refractivity contribution in [2.24, 2.45) is 5.92 Å². The van der Waals surface area contributed by atoms with Crippen LogP contribution in [0.4, 0.5) is 0 Å². The molecule has 1 saturated carbocycles. The molecule has 1 aliphatic carbocycles. The third-order valence-electron chi connectivity index (χ3n) is 4.01. The summed E-state index contributed by atoms with van der Waals surface area (Å²) < 4.78 is 0. The van der Waals surface area contributed by atoms with Gasteiger partial charge in [-0.05, 0) is 26.2 Å². The van der Waals surface area contributed by atoms with Gasteiger partial charge in [0.1, 0.15) is 0 Å². The van der Waals surface area contributed by atoms with E-state index in [4.69, 9.17) is 0 Å². The van der Waals surface area contributed by atoms with Gasteiger partial charge in [-0.3, -0.25) is 9.59 Å². The summed E-state index contributed by atoms with van der Waals surface area (Å²) in [5, 5.41) is 15.2. The Morgan fingerprint density at radius 2 is 1.90 bits per heavy atom. The zero-order valence-corrected chi connectivity index (χ0v) is 13.4. The maximum atomic E-state index is 12.1. The number of aliphatic hydroxyl groups excluding tert-OH is 1. The van der Waals surface area contributed by atoms with Crippen molar-refractivity contribution >= 4 is 11.8 Å². The first-order chi connectivity index (χ1) is 10.0. The Labute approximate surface area is 127 Å². The van der Waals surface area contributed by atoms with E-state index in [2.05, 4.69) is 10.6 Å². The fourth-order valence-corrected chi connectivity index (χ4v) is 2.79. The molecule has 0 aromatic rings. The molecule has 1 aliphatic rings. The van der Waals surface area contributed by atoms with Crippen molar-refractivity contribution in [2.75, 3.05) is 6.54 Å². The van der Waals surface area contributed by atoms with E-state index in [1.165, 1.54) is 6.42 Å². The first kappa shape index (κ1) is 18.0. The Balaban J connectivity index is 2.20. The predicted octanol–water partition coefficient (Wildman–Crippen LogP) is 1.74. The van der Waals surface area contributed by atoms with Crippen LogP contribution in [0.15, 0.2) is 0 Å². The van der Waals surface area contributed by atoms with Crippen molar-refractivity contribution in [3.8, 4) is 0 Å². The van der Waals surface area contributed by atoms with Crippen molar-refractivity contribution in [3.05, 3.63) is 0 Å². The van der Waals surface area contributed by atoms with Crippen LogP contribution in [0.5, 0.6) is 0 Å². The molecule has 21 heavy (non-hydrogen) atoms. The third kappa shape index (κ3) is 7.46. The molecule has 0 aliphatic heterocycles. The van der Waals surface area contributed by atoms with Gasteiger partial charge < -0.3 is 15.7 Å². The minimum absolute atomic E-state index is 0.0843. The number of hydrogen-bond donors (Lipinski definition) is 3. The van der Waals surface area contributed by atoms with Crippen LogP contribution in [0.25, 0.3) is 0 Å². The van der Waals surface area contributed by atoms with E-state index < -0.39 is 6.10 Å². The number of carbonyl (C=O) groups excluding carboxylic acids is 2. The van der Waals surface area contributed by atoms with E-state index in [0.29, 0.717) is 6.42 Å². The maximum Gasteiger partial charge on any atom is 0.223 e. The van der Waals surface area contributed by atoms with Crippen LogP contribution in [0.2, 0.25) is 0 Å². The molecule has 5 nitrogen and oxygen atoms in total. The largest absolute Gasteiger partial charge is 0.391 e. The monoisotopic (exact) mass is 298 g/mol. The minimum atomic E-state index is -0.480. The van der Waals surface area contributed by atoms with Gasteiger partial charge in [-0.15, -0.1) is 0 Å². The van der Waals surface area contributed by atoms with Gasteiger partial charge in [-0.2, -0.15) is 0 Å². The predicted molar refractivity (Wildman–Crippen MR) is 82.7 cm³/mol. The highest BCUT2D eigenvalue weighted by Gasteiger charge is 2.22. The van der Waals surface area contributed by atoms with Crippen LogP contribution >= 0.6 is 0 Å². The minimum Gasteiger partial charge on any atom is -0.391 e. The van der Waals surface area contributed by atoms with E-state index in [9.17, 15) is 14.7 Å². The molecule has 2 amide bonds. The summed E-state index contributed by atoms with van der Waals surface area (Å²) in [4.78, 5) is 23.8. The molecular formula is C16H30N2O3. The average Bonchev–Trinajstić information content (AvgIpc) is 2.46. The normalized spacial score (nSPS) is 18.8. The molecule has 2 atom stereocenters. The van der Waals surface area contributed by atoms with Crippen molar-refractivity contribution in [1.82, 2.24) is 10.6 Å². The lowest BCUT2D eigenvalue weighted by atomic mass is 9.88. The Hall–Kier alpha value is -1.10. The van der Waals surface area contributed by atoms with Gasteiger partial charge in [0.2, 0.25) is 11.8 Å². The van der Waals surface area contributed by atoms with Crippen LogP contribution in [0.3, 0.4) is 0 Å². The summed E-state index contributed by atoms with van der Waals surface area (Å²) in [6.07, 6.45) is 6.77. The average molecular weight is 298 g/mol. The Bertz CT molecular complexity index is 327. The molecule has 1 rings (SSSR count). The summed E-state index contributed by atoms with van der Waals surface area (Å²) >= 11 is 0. The number of nitrogens with one attached hydrogen (secondary N) is 2. The first-order valence-electron chi connectivity index (χ1n) is 8.28. The lowest BCUT2D eigenvalue weighted by Gasteiger charge is -2.23. The van der Waals surface area contributed by atoms with Gasteiger partial charge in [0.05, 0.1) is 6.10 Å². The molecule has 0 saturated heterocycles. The lowest BCUT2D eigenvalue weighted by molar-refractivity contribution is -0.127. The van der Waals surface area contributed by atoms with Crippen LogP contribution in [0.1, 0.15) is 65.2 Å². The van der Waals surface area contributed by atoms with Gasteiger partial charge >= 0.3 is 0 Å². The van der Waals surface area contributed by atoms with Crippen molar-refractivity contribution in [3.63, 3.8) is 0 Å². The summed E-state index contributed by atoms with van der Waals surface area (Å²) in [5.41, 5.74) is 0. The topological polar surface area (TPSA) is 78.4 Å². The van der Waals surface area contributed by atoms with Crippen molar-refractivity contribution in [2.45, 2.75) is 77.4 Å². The highest BCUT2D eigenvalue weighted by Crippen LogP contribution is 2.23. The molecule has 0 aromatic carbocycles. The Morgan fingerprint density at radius 3 is 2.52 bits per heavy atom. The highest BCUT2D eigenvalue weighted by atomic mass is 16.3. The highest BCUT2D eigenvalue weighted by molar-refractivity contribution is 5.81. The Kier molecular flexibility index (Phi) is 8.35. The molecule has 0 spiro atoms. The molecule has 0 aromatic heterocycles. The molecule has 0 bridgehead atoms. The summed E-state index contributed by atoms with van der Waals surface area (Å²) in [5.74, 6) is 0.0817. The zero-order valence-electron chi connectivity index (χ0n) is 13.4. The fourth-order valence-electron chi connectivity index (χ4n) is 2.79. The first-order valence-corrected chi connectivity index (χ1v) is 8.28. The van der Waals surface area contributed by atoms with Crippen molar-refractivity contribution in [1.29, 1.82) is 0 Å². The molecule has 1 fully saturated rings. The van der Waals surface area contributed by atoms with Gasteiger partial charge in [-0.1, -0.05) is 32.6 Å². The molecule has 0 radical (unpaired) electrons. The second kappa shape index (κ2) is 9.77. The number of hydrogen-bond acceptors (Lipinski definition) is 3. The molecule has 122 valence electrons. The van der Waals surface area contributed by atoms with Crippen LogP contribution in [-0.4, -0.2) is 35.6 Å². The van der Waals surface area contributed by atoms with E-state index >= 15 is 0 Å². The Morgan fingerprint density at radius 1 is 1.24 bits per heavy atom. The quantitative estimate of drug-likeness (QED) is 0.638. The van der Waals surface area contributed by atoms with Gasteiger partial charge in [0.25, 0.3) is 0 Å². The van der Waals surface area contributed by atoms with Gasteiger partial charge in [0.15, 0.2) is 0 Å². The fraction of sp³-hybridized carbons (Fsp3) is 0.875. The summed E-state index contributed by atoms with van der Waals surface area (Å²) in [6, 6.07) is -0.164. The number of rotatable bonds is 8. The van der Waals surface area contributed by atoms with E-state index in [0.717, 1.165) is 32.1 Å². The third-order valence-corrected chi connectivity index (χ3v) is 4.01. The number of carbonyl (C=O) groups is 2. The lowest BCUT2D eigenvalue weighted by Crippen LogP contribution is -2.41. The smallest absolute Gasteiger partial charge is 0.223 e. The van der Waals surface area contributed by atoms with Crippen LogP contribution in [-0.2, 0) is 9.59 Å². The molecule has 0 heterocycles. The van der Waals surface area contributed by atoms with E-state index in [1.807, 2.05) is 13.8 Å². The summed E-state index contributed by atoms with van der Waals surface area (Å²) in [7, 11) is 0. The molecule has 2 unspecified atom stereocenters. The maximum absolute atomic E-state index is 12.1. The number of amides is 2.